The van der Waals surface area contributed by atoms with Crippen molar-refractivity contribution in [1.29, 1.82) is 0 Å². The summed E-state index contributed by atoms with van der Waals surface area (Å²) >= 11 is 9.76. The standard InChI is InChI=1S/C65H73NO2S5/c1-13-15-17-19-22-47-48(23-20-18-16-14-2)62(73-61(47)59-31-29-56(71-59)55-24-21-33-69-55)60-32-30-58(72-60)57-28-27-54(70-57)53-36-43-34-44(64(5,6)7)37-49(40(43)3)52-35-42(63(67)66(11)68-12)25-26-46(52)50-38-45(65(8,9)10)39-51(53)41(50)4/h21,24-39H,13-20,22-23H2,1-12H3. The lowest BCUT2D eigenvalue weighted by Gasteiger charge is -2.23. The largest absolute Gasteiger partial charge is 0.277 e. The van der Waals surface area contributed by atoms with Gasteiger partial charge in [-0.25, -0.2) is 5.06 Å². The number of hydroxylamine groups is 2. The molecule has 0 saturated carbocycles. The van der Waals surface area contributed by atoms with E-state index in [9.17, 15) is 4.79 Å². The molecule has 1 amide bonds. The van der Waals surface area contributed by atoms with Crippen LogP contribution in [0.5, 0.6) is 0 Å². The molecule has 8 heteroatoms. The van der Waals surface area contributed by atoms with Gasteiger partial charge < -0.3 is 0 Å². The Kier molecular flexibility index (Phi) is 16.2. The molecule has 9 rings (SSSR count). The van der Waals surface area contributed by atoms with E-state index < -0.39 is 0 Å². The van der Waals surface area contributed by atoms with E-state index in [0.717, 1.165) is 29.0 Å². The van der Waals surface area contributed by atoms with E-state index in [2.05, 4.69) is 177 Å². The average molecular weight is 1060 g/mol. The van der Waals surface area contributed by atoms with Crippen molar-refractivity contribution in [2.24, 2.45) is 0 Å². The first-order valence-corrected chi connectivity index (χ1v) is 30.6. The van der Waals surface area contributed by atoms with Crippen molar-refractivity contribution in [2.45, 2.75) is 144 Å². The Morgan fingerprint density at radius 3 is 1.59 bits per heavy atom. The molecular weight excluding hydrogens is 987 g/mol. The minimum Gasteiger partial charge on any atom is -0.274 e. The molecule has 0 aliphatic heterocycles. The first-order valence-electron chi connectivity index (χ1n) is 26.5. The van der Waals surface area contributed by atoms with Gasteiger partial charge in [0.2, 0.25) is 0 Å². The van der Waals surface area contributed by atoms with Crippen LogP contribution in [0.15, 0.2) is 102 Å². The highest BCUT2D eigenvalue weighted by Crippen LogP contribution is 2.51. The van der Waals surface area contributed by atoms with Gasteiger partial charge in [-0.3, -0.25) is 9.63 Å². The Hall–Kier alpha value is -4.67. The van der Waals surface area contributed by atoms with E-state index in [4.69, 9.17) is 4.84 Å². The van der Waals surface area contributed by atoms with Crippen LogP contribution >= 0.6 is 56.7 Å². The van der Waals surface area contributed by atoms with Gasteiger partial charge in [0.05, 0.1) is 7.11 Å². The van der Waals surface area contributed by atoms with Gasteiger partial charge in [0.1, 0.15) is 0 Å². The van der Waals surface area contributed by atoms with Crippen LogP contribution in [0.2, 0.25) is 0 Å². The third-order valence-corrected chi connectivity index (χ3v) is 21.0. The van der Waals surface area contributed by atoms with Gasteiger partial charge in [-0.05, 0) is 188 Å². The first kappa shape index (κ1) is 53.2. The molecule has 0 atom stereocenters. The van der Waals surface area contributed by atoms with E-state index in [-0.39, 0.29) is 16.7 Å². The highest BCUT2D eigenvalue weighted by molar-refractivity contribution is 7.30. The molecule has 5 heterocycles. The van der Waals surface area contributed by atoms with Gasteiger partial charge in [-0.1, -0.05) is 130 Å². The van der Waals surface area contributed by atoms with E-state index in [1.807, 2.05) is 51.4 Å². The lowest BCUT2D eigenvalue weighted by Crippen LogP contribution is -2.25. The molecule has 0 aliphatic carbocycles. The van der Waals surface area contributed by atoms with Crippen molar-refractivity contribution in [1.82, 2.24) is 5.06 Å². The van der Waals surface area contributed by atoms with Gasteiger partial charge in [-0.15, -0.1) is 56.7 Å². The molecule has 5 aromatic heterocycles. The molecule has 9 aromatic rings. The lowest BCUT2D eigenvalue weighted by atomic mass is 9.81. The Morgan fingerprint density at radius 2 is 1.04 bits per heavy atom. The quantitative estimate of drug-likeness (QED) is 0.0672. The molecule has 0 spiro atoms. The topological polar surface area (TPSA) is 29.5 Å². The van der Waals surface area contributed by atoms with Crippen LogP contribution in [0.1, 0.15) is 150 Å². The van der Waals surface area contributed by atoms with Crippen molar-refractivity contribution < 1.29 is 9.63 Å². The average Bonchev–Trinajstić information content (AvgIpc) is 4.23. The van der Waals surface area contributed by atoms with Crippen molar-refractivity contribution in [3.63, 3.8) is 0 Å². The number of hydrogen-bond donors (Lipinski definition) is 0. The van der Waals surface area contributed by atoms with Gasteiger partial charge in [0.15, 0.2) is 0 Å². The van der Waals surface area contributed by atoms with Crippen LogP contribution in [0.4, 0.5) is 0 Å². The highest BCUT2D eigenvalue weighted by Gasteiger charge is 2.25. The molecule has 0 radical (unpaired) electrons. The van der Waals surface area contributed by atoms with Crippen molar-refractivity contribution >= 4 is 94.9 Å². The number of benzene rings is 3. The van der Waals surface area contributed by atoms with Crippen LogP contribution < -0.4 is 0 Å². The van der Waals surface area contributed by atoms with E-state index in [1.165, 1.54) is 151 Å². The van der Waals surface area contributed by atoms with Crippen LogP contribution in [-0.4, -0.2) is 25.1 Å². The van der Waals surface area contributed by atoms with Gasteiger partial charge in [0, 0.05) is 56.5 Å². The number of amides is 1. The minimum atomic E-state index is -0.172. The summed E-state index contributed by atoms with van der Waals surface area (Å²) in [5, 5.41) is 10.5. The predicted octanol–water partition coefficient (Wildman–Crippen LogP) is 21.4. The van der Waals surface area contributed by atoms with Crippen LogP contribution in [0.25, 0.3) is 81.8 Å². The molecule has 0 N–H and O–H groups in total. The molecule has 0 aliphatic rings. The third-order valence-electron chi connectivity index (χ3n) is 14.8. The number of carbonyl (C=O) groups is 1. The number of rotatable bonds is 17. The number of carbonyl (C=O) groups excluding carboxylic acids is 1. The fraction of sp³-hybridized carbons (Fsp3) is 0.369. The van der Waals surface area contributed by atoms with Crippen LogP contribution in [-0.2, 0) is 28.5 Å². The number of fused-ring (bicyclic) bond motifs is 7. The second-order valence-electron chi connectivity index (χ2n) is 22.0. The van der Waals surface area contributed by atoms with E-state index >= 15 is 0 Å². The second kappa shape index (κ2) is 22.3. The van der Waals surface area contributed by atoms with E-state index in [0.29, 0.717) is 5.56 Å². The molecule has 73 heavy (non-hydrogen) atoms. The Morgan fingerprint density at radius 1 is 0.521 bits per heavy atom. The van der Waals surface area contributed by atoms with Gasteiger partial charge in [-0.2, -0.15) is 0 Å². The monoisotopic (exact) mass is 1060 g/mol. The number of aryl methyl sites for hydroxylation is 2. The summed E-state index contributed by atoms with van der Waals surface area (Å²) < 4.78 is 0. The summed E-state index contributed by atoms with van der Waals surface area (Å²) in [6, 6.07) is 37.1. The van der Waals surface area contributed by atoms with Gasteiger partial charge >= 0.3 is 0 Å². The minimum absolute atomic E-state index is 0.108. The maximum Gasteiger partial charge on any atom is 0.277 e. The smallest absolute Gasteiger partial charge is 0.274 e. The fourth-order valence-corrected chi connectivity index (χ4v) is 15.9. The van der Waals surface area contributed by atoms with Crippen molar-refractivity contribution in [2.75, 3.05) is 14.2 Å². The number of hydrogen-bond acceptors (Lipinski definition) is 7. The predicted molar refractivity (Wildman–Crippen MR) is 326 cm³/mol. The summed E-state index contributed by atoms with van der Waals surface area (Å²) in [5.41, 5.74) is 9.83. The Balaban J connectivity index is 1.22. The van der Waals surface area contributed by atoms with Gasteiger partial charge in [0.25, 0.3) is 5.91 Å². The lowest BCUT2D eigenvalue weighted by molar-refractivity contribution is -0.0756. The zero-order valence-electron chi connectivity index (χ0n) is 45.2. The highest BCUT2D eigenvalue weighted by atomic mass is 32.1. The molecule has 380 valence electrons. The van der Waals surface area contributed by atoms with Crippen molar-refractivity contribution in [3.05, 3.63) is 141 Å². The summed E-state index contributed by atoms with van der Waals surface area (Å²) in [6.45, 7) is 23.0. The summed E-state index contributed by atoms with van der Waals surface area (Å²) in [6.07, 6.45) is 12.4. The maximum absolute atomic E-state index is 13.7. The molecule has 4 aromatic carbocycles. The maximum atomic E-state index is 13.7. The molecule has 3 nitrogen and oxygen atoms in total. The Labute approximate surface area is 455 Å². The fourth-order valence-electron chi connectivity index (χ4n) is 10.2. The third kappa shape index (κ3) is 11.2. The van der Waals surface area contributed by atoms with Crippen LogP contribution in [0, 0.1) is 13.8 Å². The molecule has 0 saturated heterocycles. The SMILES string of the molecule is CCCCCCc1c(-c2ccc(-c3cccs3)s2)sc(-c2ccc(-c3ccc(-c4cc5cc(C(C)(C)C)cc(c5C)c5cc(C(=O)N(C)OC)ccc5c5cc(C(C)(C)C)cc4c5C)s3)s2)c1CCCCCC. The molecule has 4 bridgehead atoms. The summed E-state index contributed by atoms with van der Waals surface area (Å²) in [7, 11) is 3.21. The summed E-state index contributed by atoms with van der Waals surface area (Å²) in [5.74, 6) is -0.172. The Bertz CT molecular complexity index is 3450. The molecule has 0 fully saturated rings. The second-order valence-corrected chi connectivity index (χ2v) is 27.3. The molecular formula is C65H73NO2S5. The zero-order valence-corrected chi connectivity index (χ0v) is 49.3. The number of nitrogens with zero attached hydrogens (tertiary/aromatic N) is 1. The molecule has 0 unspecified atom stereocenters. The van der Waals surface area contributed by atoms with Crippen LogP contribution in [0.3, 0.4) is 0 Å². The number of thiophene rings is 5. The zero-order chi connectivity index (χ0) is 51.8. The van der Waals surface area contributed by atoms with Crippen molar-refractivity contribution in [3.8, 4) is 49.5 Å². The summed E-state index contributed by atoms with van der Waals surface area (Å²) in [4.78, 5) is 31.5. The normalized spacial score (nSPS) is 12.2. The van der Waals surface area contributed by atoms with E-state index in [1.54, 1.807) is 18.2 Å². The first-order chi connectivity index (χ1) is 35.0. The number of unbranched alkanes of at least 4 members (excludes halogenated alkanes) is 6.